The molecule has 1 aromatic carbocycles. The van der Waals surface area contributed by atoms with Crippen LogP contribution in [-0.4, -0.2) is 47.9 Å². The molecule has 3 heterocycles. The summed E-state index contributed by atoms with van der Waals surface area (Å²) in [5.74, 6) is 0.510. The summed E-state index contributed by atoms with van der Waals surface area (Å²) < 4.78 is 5.70. The van der Waals surface area contributed by atoms with Crippen molar-refractivity contribution in [2.75, 3.05) is 13.1 Å². The van der Waals surface area contributed by atoms with Crippen LogP contribution in [0.1, 0.15) is 12.8 Å². The monoisotopic (exact) mass is 371 g/mol. The molecule has 1 saturated heterocycles. The second-order valence-corrected chi connectivity index (χ2v) is 7.02. The molecule has 0 aliphatic carbocycles. The fourth-order valence-corrected chi connectivity index (χ4v) is 3.88. The van der Waals surface area contributed by atoms with Crippen LogP contribution in [0.3, 0.4) is 0 Å². The number of fused-ring (bicyclic) bond motifs is 3. The van der Waals surface area contributed by atoms with E-state index in [4.69, 9.17) is 12.2 Å². The summed E-state index contributed by atoms with van der Waals surface area (Å²) in [6, 6.07) is 7.42. The van der Waals surface area contributed by atoms with Crippen LogP contribution in [0, 0.1) is 4.77 Å². The van der Waals surface area contributed by atoms with Gasteiger partial charge in [0.1, 0.15) is 0 Å². The second-order valence-electron chi connectivity index (χ2n) is 6.65. The van der Waals surface area contributed by atoms with Crippen LogP contribution in [0.15, 0.2) is 41.7 Å². The molecule has 1 aliphatic rings. The Hall–Kier alpha value is -2.29. The minimum Gasteiger partial charge on any atom is -0.392 e. The summed E-state index contributed by atoms with van der Waals surface area (Å²) in [5, 5.41) is 15.1. The number of aliphatic hydroxyl groups is 1. The van der Waals surface area contributed by atoms with Crippen LogP contribution in [-0.2, 0) is 13.2 Å². The molecule has 3 aromatic rings. The van der Waals surface area contributed by atoms with E-state index >= 15 is 0 Å². The van der Waals surface area contributed by atoms with Crippen molar-refractivity contribution in [1.82, 2.24) is 23.6 Å². The van der Waals surface area contributed by atoms with E-state index in [0.717, 1.165) is 24.9 Å². The SMILES string of the molecule is C=CCn1c(=O)c2ccccc2n2c(=S)n(CN3CCC[C@H](O)C3)nc12. The van der Waals surface area contributed by atoms with Crippen molar-refractivity contribution in [2.45, 2.75) is 32.2 Å². The van der Waals surface area contributed by atoms with Gasteiger partial charge in [0, 0.05) is 19.6 Å². The average molecular weight is 371 g/mol. The zero-order valence-corrected chi connectivity index (χ0v) is 15.2. The third-order valence-corrected chi connectivity index (χ3v) is 5.20. The van der Waals surface area contributed by atoms with Crippen LogP contribution in [0.4, 0.5) is 0 Å². The largest absolute Gasteiger partial charge is 0.392 e. The summed E-state index contributed by atoms with van der Waals surface area (Å²) >= 11 is 5.67. The normalized spacial score (nSPS) is 18.6. The minimum atomic E-state index is -0.310. The maximum atomic E-state index is 12.9. The Kier molecular flexibility index (Phi) is 4.47. The van der Waals surface area contributed by atoms with Crippen molar-refractivity contribution in [3.05, 3.63) is 52.0 Å². The lowest BCUT2D eigenvalue weighted by molar-refractivity contribution is 0.0514. The van der Waals surface area contributed by atoms with Gasteiger partial charge < -0.3 is 5.11 Å². The predicted molar refractivity (Wildman–Crippen MR) is 103 cm³/mol. The van der Waals surface area contributed by atoms with E-state index in [9.17, 15) is 9.90 Å². The zero-order chi connectivity index (χ0) is 18.3. The van der Waals surface area contributed by atoms with Gasteiger partial charge in [-0.3, -0.25) is 18.7 Å². The first kappa shape index (κ1) is 17.1. The number of benzene rings is 1. The summed E-state index contributed by atoms with van der Waals surface area (Å²) in [4.78, 5) is 15.0. The summed E-state index contributed by atoms with van der Waals surface area (Å²) in [5.41, 5.74) is 0.649. The minimum absolute atomic E-state index is 0.103. The maximum absolute atomic E-state index is 12.9. The highest BCUT2D eigenvalue weighted by Gasteiger charge is 2.20. The van der Waals surface area contributed by atoms with Crippen LogP contribution in [0.25, 0.3) is 16.7 Å². The van der Waals surface area contributed by atoms with E-state index in [0.29, 0.717) is 35.7 Å². The van der Waals surface area contributed by atoms with Gasteiger partial charge in [-0.05, 0) is 37.2 Å². The quantitative estimate of drug-likeness (QED) is 0.559. The number of nitrogens with zero attached hydrogens (tertiary/aromatic N) is 5. The summed E-state index contributed by atoms with van der Waals surface area (Å²) in [6.07, 6.45) is 3.15. The maximum Gasteiger partial charge on any atom is 0.263 e. The molecule has 0 saturated carbocycles. The van der Waals surface area contributed by atoms with Gasteiger partial charge >= 0.3 is 0 Å². The summed E-state index contributed by atoms with van der Waals surface area (Å²) in [6.45, 7) is 6.11. The van der Waals surface area contributed by atoms with Gasteiger partial charge in [0.05, 0.1) is 23.7 Å². The van der Waals surface area contributed by atoms with E-state index in [-0.39, 0.29) is 11.7 Å². The Morgan fingerprint density at radius 1 is 1.38 bits per heavy atom. The Labute approximate surface area is 155 Å². The molecule has 136 valence electrons. The number of hydrogen-bond acceptors (Lipinski definition) is 5. The number of allylic oxidation sites excluding steroid dienone is 1. The number of hydrogen-bond donors (Lipinski definition) is 1. The molecule has 7 nitrogen and oxygen atoms in total. The van der Waals surface area contributed by atoms with E-state index in [1.807, 2.05) is 22.6 Å². The number of piperidine rings is 1. The Morgan fingerprint density at radius 2 is 2.19 bits per heavy atom. The highest BCUT2D eigenvalue weighted by atomic mass is 32.1. The van der Waals surface area contributed by atoms with Crippen LogP contribution in [0.5, 0.6) is 0 Å². The number of para-hydroxylation sites is 1. The van der Waals surface area contributed by atoms with Crippen molar-refractivity contribution >= 4 is 28.9 Å². The lowest BCUT2D eigenvalue weighted by Crippen LogP contribution is -2.39. The zero-order valence-electron chi connectivity index (χ0n) is 14.4. The van der Waals surface area contributed by atoms with Crippen molar-refractivity contribution < 1.29 is 5.11 Å². The van der Waals surface area contributed by atoms with Gasteiger partial charge in [-0.25, -0.2) is 4.68 Å². The molecule has 8 heteroatoms. The molecule has 0 amide bonds. The molecule has 2 aromatic heterocycles. The molecule has 0 radical (unpaired) electrons. The molecular formula is C18H21N5O2S. The average Bonchev–Trinajstić information content (AvgIpc) is 2.95. The van der Waals surface area contributed by atoms with Crippen molar-refractivity contribution in [3.63, 3.8) is 0 Å². The summed E-state index contributed by atoms with van der Waals surface area (Å²) in [7, 11) is 0. The first-order chi connectivity index (χ1) is 12.6. The fourth-order valence-electron chi connectivity index (χ4n) is 3.60. The smallest absolute Gasteiger partial charge is 0.263 e. The standard InChI is InChI=1S/C18H21N5O2S/c1-2-9-21-16(25)14-7-3-4-8-15(14)23-17(21)19-22(18(23)26)12-20-10-5-6-13(24)11-20/h2-4,7-8,13,24H,1,5-6,9-12H2/t13-/m0/s1. The molecule has 1 atom stereocenters. The molecular weight excluding hydrogens is 350 g/mol. The van der Waals surface area contributed by atoms with Gasteiger partial charge in [-0.2, -0.15) is 0 Å². The van der Waals surface area contributed by atoms with E-state index in [1.165, 1.54) is 0 Å². The Morgan fingerprint density at radius 3 is 2.96 bits per heavy atom. The highest BCUT2D eigenvalue weighted by Crippen LogP contribution is 2.16. The van der Waals surface area contributed by atoms with Gasteiger partial charge in [-0.15, -0.1) is 11.7 Å². The fraction of sp³-hybridized carbons (Fsp3) is 0.389. The Bertz CT molecular complexity index is 1100. The Balaban J connectivity index is 1.91. The van der Waals surface area contributed by atoms with Crippen LogP contribution >= 0.6 is 12.2 Å². The lowest BCUT2D eigenvalue weighted by atomic mass is 10.1. The number of rotatable bonds is 4. The molecule has 4 rings (SSSR count). The van der Waals surface area contributed by atoms with Crippen molar-refractivity contribution in [2.24, 2.45) is 0 Å². The molecule has 26 heavy (non-hydrogen) atoms. The first-order valence-electron chi connectivity index (χ1n) is 8.72. The van der Waals surface area contributed by atoms with Gasteiger partial charge in [-0.1, -0.05) is 18.2 Å². The number of aliphatic hydroxyl groups excluding tert-OH is 1. The third kappa shape index (κ3) is 2.80. The van der Waals surface area contributed by atoms with Gasteiger partial charge in [0.25, 0.3) is 5.56 Å². The lowest BCUT2D eigenvalue weighted by Gasteiger charge is -2.29. The predicted octanol–water partition coefficient (Wildman–Crippen LogP) is 1.78. The third-order valence-electron chi connectivity index (χ3n) is 4.81. The number of likely N-dealkylation sites (tertiary alicyclic amines) is 1. The van der Waals surface area contributed by atoms with Crippen molar-refractivity contribution in [1.29, 1.82) is 0 Å². The number of aromatic nitrogens is 4. The molecule has 0 unspecified atom stereocenters. The molecule has 0 bridgehead atoms. The van der Waals surface area contributed by atoms with E-state index < -0.39 is 0 Å². The van der Waals surface area contributed by atoms with Crippen LogP contribution in [0.2, 0.25) is 0 Å². The molecule has 1 N–H and O–H groups in total. The molecule has 1 fully saturated rings. The number of β-amino-alcohol motifs (C(OH)–C–C–N with tert-alkyl or cyclic N) is 1. The topological polar surface area (TPSA) is 67.7 Å². The van der Waals surface area contributed by atoms with E-state index in [2.05, 4.69) is 16.6 Å². The van der Waals surface area contributed by atoms with Gasteiger partial charge in [0.2, 0.25) is 10.5 Å². The first-order valence-corrected chi connectivity index (χ1v) is 9.13. The van der Waals surface area contributed by atoms with Crippen molar-refractivity contribution in [3.8, 4) is 0 Å². The van der Waals surface area contributed by atoms with E-state index in [1.54, 1.807) is 21.4 Å². The second kappa shape index (κ2) is 6.79. The molecule has 1 aliphatic heterocycles. The highest BCUT2D eigenvalue weighted by molar-refractivity contribution is 7.71. The van der Waals surface area contributed by atoms with Gasteiger partial charge in [0.15, 0.2) is 0 Å². The van der Waals surface area contributed by atoms with Crippen LogP contribution < -0.4 is 5.56 Å². The molecule has 0 spiro atoms.